The fourth-order valence-electron chi connectivity index (χ4n) is 3.24. The first kappa shape index (κ1) is 20.2. The van der Waals surface area contributed by atoms with E-state index >= 15 is 0 Å². The van der Waals surface area contributed by atoms with Crippen LogP contribution in [0.15, 0.2) is 41.3 Å². The number of nitrogen functional groups attached to an aromatic ring is 1. The SMILES string of the molecule is CC(C)(C)OC(=O)N1CCC(c2cc(N)nn2S(=O)(=O)c2ccccc2)CC1. The van der Waals surface area contributed by atoms with Crippen LogP contribution < -0.4 is 5.73 Å². The second kappa shape index (κ2) is 7.46. The van der Waals surface area contributed by atoms with Gasteiger partial charge in [0, 0.05) is 25.1 Å². The molecule has 0 bridgehead atoms. The number of nitrogens with zero attached hydrogens (tertiary/aromatic N) is 3. The summed E-state index contributed by atoms with van der Waals surface area (Å²) >= 11 is 0. The summed E-state index contributed by atoms with van der Waals surface area (Å²) in [5.74, 6) is 0.0889. The van der Waals surface area contributed by atoms with Crippen molar-refractivity contribution in [2.24, 2.45) is 0 Å². The van der Waals surface area contributed by atoms with Gasteiger partial charge in [-0.1, -0.05) is 18.2 Å². The minimum atomic E-state index is -3.83. The molecule has 1 aliphatic heterocycles. The number of carbonyl (C=O) groups excluding carboxylic acids is 1. The summed E-state index contributed by atoms with van der Waals surface area (Å²) in [7, 11) is -3.83. The Bertz CT molecular complexity index is 940. The van der Waals surface area contributed by atoms with Gasteiger partial charge in [0.05, 0.1) is 10.6 Å². The number of aromatic nitrogens is 2. The third-order valence-electron chi connectivity index (χ3n) is 4.56. The predicted molar refractivity (Wildman–Crippen MR) is 105 cm³/mol. The molecule has 1 aromatic heterocycles. The van der Waals surface area contributed by atoms with Gasteiger partial charge in [0.25, 0.3) is 10.0 Å². The topological polar surface area (TPSA) is 108 Å². The molecule has 152 valence electrons. The smallest absolute Gasteiger partial charge is 0.410 e. The van der Waals surface area contributed by atoms with Crippen molar-refractivity contribution in [3.05, 3.63) is 42.1 Å². The van der Waals surface area contributed by atoms with Crippen molar-refractivity contribution in [1.82, 2.24) is 14.1 Å². The number of hydrogen-bond donors (Lipinski definition) is 1. The summed E-state index contributed by atoms with van der Waals surface area (Å²) in [4.78, 5) is 14.1. The number of hydrogen-bond acceptors (Lipinski definition) is 6. The first-order valence-corrected chi connectivity index (χ1v) is 10.7. The number of ether oxygens (including phenoxy) is 1. The van der Waals surface area contributed by atoms with E-state index in [1.165, 1.54) is 12.1 Å². The fraction of sp³-hybridized carbons (Fsp3) is 0.474. The monoisotopic (exact) mass is 406 g/mol. The van der Waals surface area contributed by atoms with E-state index in [0.29, 0.717) is 31.6 Å². The second-order valence-electron chi connectivity index (χ2n) is 7.90. The van der Waals surface area contributed by atoms with Gasteiger partial charge in [0.15, 0.2) is 0 Å². The Hall–Kier alpha value is -2.55. The van der Waals surface area contributed by atoms with Gasteiger partial charge in [-0.15, -0.1) is 5.10 Å². The van der Waals surface area contributed by atoms with Crippen molar-refractivity contribution in [3.8, 4) is 0 Å². The quantitative estimate of drug-likeness (QED) is 0.840. The molecule has 0 saturated carbocycles. The number of likely N-dealkylation sites (tertiary alicyclic amines) is 1. The highest BCUT2D eigenvalue weighted by molar-refractivity contribution is 7.89. The average Bonchev–Trinajstić information content (AvgIpc) is 3.04. The first-order chi connectivity index (χ1) is 13.1. The highest BCUT2D eigenvalue weighted by Gasteiger charge is 2.32. The van der Waals surface area contributed by atoms with Crippen LogP contribution in [0.5, 0.6) is 0 Å². The zero-order chi connectivity index (χ0) is 20.5. The Labute approximate surface area is 165 Å². The molecular weight excluding hydrogens is 380 g/mol. The molecule has 0 radical (unpaired) electrons. The standard InChI is InChI=1S/C19H26N4O4S/c1-19(2,3)27-18(24)22-11-9-14(10-12-22)16-13-17(20)21-23(16)28(25,26)15-7-5-4-6-8-15/h4-8,13-14H,9-12H2,1-3H3,(H2,20,21). The molecule has 0 atom stereocenters. The Morgan fingerprint density at radius 2 is 1.79 bits per heavy atom. The van der Waals surface area contributed by atoms with Crippen LogP contribution in [-0.4, -0.2) is 47.3 Å². The van der Waals surface area contributed by atoms with Crippen molar-refractivity contribution in [2.75, 3.05) is 18.8 Å². The van der Waals surface area contributed by atoms with Crippen LogP contribution in [-0.2, 0) is 14.8 Å². The van der Waals surface area contributed by atoms with E-state index in [2.05, 4.69) is 5.10 Å². The van der Waals surface area contributed by atoms with E-state index in [0.717, 1.165) is 4.09 Å². The van der Waals surface area contributed by atoms with Gasteiger partial charge in [-0.05, 0) is 45.7 Å². The van der Waals surface area contributed by atoms with Crippen LogP contribution in [0.1, 0.15) is 45.2 Å². The molecule has 8 nitrogen and oxygen atoms in total. The summed E-state index contributed by atoms with van der Waals surface area (Å²) in [5, 5.41) is 4.04. The third kappa shape index (κ3) is 4.30. The predicted octanol–water partition coefficient (Wildman–Crippen LogP) is 2.82. The van der Waals surface area contributed by atoms with Crippen LogP contribution in [0.25, 0.3) is 0 Å². The summed E-state index contributed by atoms with van der Waals surface area (Å²) < 4.78 is 32.4. The highest BCUT2D eigenvalue weighted by atomic mass is 32.2. The third-order valence-corrected chi connectivity index (χ3v) is 6.17. The van der Waals surface area contributed by atoms with E-state index in [1.54, 1.807) is 29.2 Å². The summed E-state index contributed by atoms with van der Waals surface area (Å²) in [6.07, 6.45) is 0.861. The lowest BCUT2D eigenvalue weighted by molar-refractivity contribution is 0.0203. The number of nitrogens with two attached hydrogens (primary N) is 1. The van der Waals surface area contributed by atoms with Crippen LogP contribution >= 0.6 is 0 Å². The lowest BCUT2D eigenvalue weighted by Gasteiger charge is -2.33. The number of benzene rings is 1. The number of carbonyl (C=O) groups is 1. The largest absolute Gasteiger partial charge is 0.444 e. The number of amides is 1. The molecule has 1 saturated heterocycles. The van der Waals surface area contributed by atoms with E-state index in [9.17, 15) is 13.2 Å². The highest BCUT2D eigenvalue weighted by Crippen LogP contribution is 2.31. The maximum absolute atomic E-state index is 13.0. The minimum Gasteiger partial charge on any atom is -0.444 e. The van der Waals surface area contributed by atoms with Crippen LogP contribution in [0.4, 0.5) is 10.6 Å². The molecule has 2 aromatic rings. The van der Waals surface area contributed by atoms with Gasteiger partial charge in [-0.2, -0.15) is 12.5 Å². The lowest BCUT2D eigenvalue weighted by atomic mass is 9.94. The van der Waals surface area contributed by atoms with Crippen molar-refractivity contribution in [2.45, 2.75) is 50.0 Å². The first-order valence-electron chi connectivity index (χ1n) is 9.22. The number of piperidine rings is 1. The molecule has 9 heteroatoms. The van der Waals surface area contributed by atoms with Crippen molar-refractivity contribution >= 4 is 21.9 Å². The van der Waals surface area contributed by atoms with Gasteiger partial charge in [-0.25, -0.2) is 4.79 Å². The summed E-state index contributed by atoms with van der Waals surface area (Å²) in [6.45, 7) is 6.44. The van der Waals surface area contributed by atoms with Crippen molar-refractivity contribution in [3.63, 3.8) is 0 Å². The molecular formula is C19H26N4O4S. The van der Waals surface area contributed by atoms with Crippen molar-refractivity contribution < 1.29 is 17.9 Å². The second-order valence-corrected chi connectivity index (χ2v) is 9.66. The zero-order valence-electron chi connectivity index (χ0n) is 16.3. The van der Waals surface area contributed by atoms with Gasteiger partial charge < -0.3 is 15.4 Å². The van der Waals surface area contributed by atoms with E-state index < -0.39 is 15.6 Å². The lowest BCUT2D eigenvalue weighted by Crippen LogP contribution is -2.41. The molecule has 0 aliphatic carbocycles. The van der Waals surface area contributed by atoms with Gasteiger partial charge in [0.2, 0.25) is 0 Å². The molecule has 1 aromatic carbocycles. The summed E-state index contributed by atoms with van der Waals surface area (Å²) in [6, 6.07) is 9.75. The molecule has 2 heterocycles. The van der Waals surface area contributed by atoms with Crippen LogP contribution in [0.2, 0.25) is 0 Å². The maximum atomic E-state index is 13.0. The molecule has 0 unspecified atom stereocenters. The Balaban J connectivity index is 1.79. The van der Waals surface area contributed by atoms with E-state index in [1.807, 2.05) is 20.8 Å². The fourth-order valence-corrected chi connectivity index (χ4v) is 4.62. The molecule has 1 aliphatic rings. The number of anilines is 1. The number of rotatable bonds is 3. The maximum Gasteiger partial charge on any atom is 0.410 e. The average molecular weight is 407 g/mol. The molecule has 3 rings (SSSR count). The van der Waals surface area contributed by atoms with E-state index in [-0.39, 0.29) is 22.7 Å². The Morgan fingerprint density at radius 3 is 2.36 bits per heavy atom. The van der Waals surface area contributed by atoms with Crippen LogP contribution in [0, 0.1) is 0 Å². The molecule has 1 fully saturated rings. The Morgan fingerprint density at radius 1 is 1.18 bits per heavy atom. The van der Waals surface area contributed by atoms with Gasteiger partial charge in [0.1, 0.15) is 11.4 Å². The Kier molecular flexibility index (Phi) is 5.38. The zero-order valence-corrected chi connectivity index (χ0v) is 17.1. The molecule has 2 N–H and O–H groups in total. The molecule has 1 amide bonds. The van der Waals surface area contributed by atoms with Gasteiger partial charge in [-0.3, -0.25) is 0 Å². The normalized spacial score (nSPS) is 16.2. The summed E-state index contributed by atoms with van der Waals surface area (Å²) in [5.41, 5.74) is 5.82. The van der Waals surface area contributed by atoms with E-state index in [4.69, 9.17) is 10.5 Å². The van der Waals surface area contributed by atoms with Gasteiger partial charge >= 0.3 is 6.09 Å². The van der Waals surface area contributed by atoms with Crippen molar-refractivity contribution in [1.29, 1.82) is 0 Å². The molecule has 0 spiro atoms. The molecule has 28 heavy (non-hydrogen) atoms. The minimum absolute atomic E-state index is 0.0676. The van der Waals surface area contributed by atoms with Crippen LogP contribution in [0.3, 0.4) is 0 Å².